The summed E-state index contributed by atoms with van der Waals surface area (Å²) in [5, 5.41) is 4.03. The molecule has 1 aliphatic carbocycles. The smallest absolute Gasteiger partial charge is 0.258 e. The zero-order chi connectivity index (χ0) is 20.1. The van der Waals surface area contributed by atoms with Crippen molar-refractivity contribution >= 4 is 5.78 Å². The zero-order valence-corrected chi connectivity index (χ0v) is 16.6. The van der Waals surface area contributed by atoms with Gasteiger partial charge in [-0.1, -0.05) is 19.0 Å². The van der Waals surface area contributed by atoms with Crippen LogP contribution in [0.2, 0.25) is 0 Å². The predicted octanol–water partition coefficient (Wildman–Crippen LogP) is 5.10. The summed E-state index contributed by atoms with van der Waals surface area (Å²) in [6.07, 6.45) is 7.81. The molecule has 0 radical (unpaired) electrons. The Morgan fingerprint density at radius 2 is 1.86 bits per heavy atom. The molecule has 1 aliphatic heterocycles. The van der Waals surface area contributed by atoms with E-state index < -0.39 is 0 Å². The number of carbonyl (C=O) groups is 1. The highest BCUT2D eigenvalue weighted by Crippen LogP contribution is 2.47. The number of ketones is 1. The van der Waals surface area contributed by atoms with Crippen LogP contribution in [-0.4, -0.2) is 26.5 Å². The highest BCUT2D eigenvalue weighted by molar-refractivity contribution is 6.01. The fraction of sp³-hybridized carbons (Fsp3) is 0.391. The minimum atomic E-state index is -0.348. The Labute approximate surface area is 169 Å². The molecule has 0 N–H and O–H groups in total. The molecule has 2 aliphatic rings. The van der Waals surface area contributed by atoms with Gasteiger partial charge in [0, 0.05) is 23.5 Å². The van der Waals surface area contributed by atoms with Crippen LogP contribution in [0.1, 0.15) is 56.3 Å². The molecular weight excluding hydrogens is 366 g/mol. The number of Topliss-reactive ketones (excluding diaryl/α,β-unsaturated/α-hetero) is 1. The van der Waals surface area contributed by atoms with Gasteiger partial charge < -0.3 is 9.26 Å². The quantitative estimate of drug-likeness (QED) is 0.606. The molecule has 2 aromatic heterocycles. The van der Waals surface area contributed by atoms with Gasteiger partial charge in [0.05, 0.1) is 12.0 Å². The minimum Gasteiger partial charge on any atom is -0.486 e. The van der Waals surface area contributed by atoms with Gasteiger partial charge in [0.25, 0.3) is 5.89 Å². The van der Waals surface area contributed by atoms with Crippen LogP contribution in [0.15, 0.2) is 47.2 Å². The summed E-state index contributed by atoms with van der Waals surface area (Å²) < 4.78 is 11.8. The molecule has 5 rings (SSSR count). The summed E-state index contributed by atoms with van der Waals surface area (Å²) >= 11 is 0. The topological polar surface area (TPSA) is 78.1 Å². The third kappa shape index (κ3) is 3.33. The maximum Gasteiger partial charge on any atom is 0.258 e. The summed E-state index contributed by atoms with van der Waals surface area (Å²) in [7, 11) is 0. The van der Waals surface area contributed by atoms with E-state index in [2.05, 4.69) is 29.0 Å². The van der Waals surface area contributed by atoms with Gasteiger partial charge in [-0.2, -0.15) is 4.98 Å². The van der Waals surface area contributed by atoms with E-state index >= 15 is 0 Å². The van der Waals surface area contributed by atoms with Crippen LogP contribution in [-0.2, 0) is 0 Å². The summed E-state index contributed by atoms with van der Waals surface area (Å²) in [5.41, 5.74) is 2.07. The van der Waals surface area contributed by atoms with Crippen molar-refractivity contribution in [3.63, 3.8) is 0 Å². The largest absolute Gasteiger partial charge is 0.486 e. The molecule has 0 unspecified atom stereocenters. The Hall–Kier alpha value is -3.02. The monoisotopic (exact) mass is 389 g/mol. The van der Waals surface area contributed by atoms with Gasteiger partial charge in [0.2, 0.25) is 5.82 Å². The van der Waals surface area contributed by atoms with Crippen LogP contribution in [0.5, 0.6) is 5.75 Å². The molecule has 0 atom stereocenters. The summed E-state index contributed by atoms with van der Waals surface area (Å²) in [6.45, 7) is 4.57. The Bertz CT molecular complexity index is 1060. The van der Waals surface area contributed by atoms with Gasteiger partial charge in [-0.25, -0.2) is 0 Å². The van der Waals surface area contributed by atoms with Gasteiger partial charge in [0.1, 0.15) is 11.4 Å². The molecule has 3 heterocycles. The first kappa shape index (κ1) is 18.0. The Kier molecular flexibility index (Phi) is 4.05. The van der Waals surface area contributed by atoms with E-state index in [1.165, 1.54) is 0 Å². The van der Waals surface area contributed by atoms with Crippen LogP contribution in [0.4, 0.5) is 0 Å². The fourth-order valence-corrected chi connectivity index (χ4v) is 4.24. The van der Waals surface area contributed by atoms with E-state index in [4.69, 9.17) is 9.26 Å². The second-order valence-electron chi connectivity index (χ2n) is 8.93. The van der Waals surface area contributed by atoms with Crippen molar-refractivity contribution in [2.45, 2.75) is 51.6 Å². The van der Waals surface area contributed by atoms with E-state index in [1.807, 2.05) is 24.3 Å². The molecule has 1 saturated carbocycles. The number of pyridine rings is 1. The van der Waals surface area contributed by atoms with Gasteiger partial charge in [-0.15, -0.1) is 0 Å². The number of rotatable bonds is 2. The Morgan fingerprint density at radius 3 is 2.62 bits per heavy atom. The first-order valence-electron chi connectivity index (χ1n) is 10.0. The van der Waals surface area contributed by atoms with Crippen molar-refractivity contribution in [2.75, 3.05) is 0 Å². The molecule has 29 heavy (non-hydrogen) atoms. The number of fused-ring (bicyclic) bond motifs is 1. The van der Waals surface area contributed by atoms with Crippen molar-refractivity contribution in [1.29, 1.82) is 0 Å². The average Bonchev–Trinajstić information content (AvgIpc) is 3.22. The standard InChI is InChI=1S/C23H23N3O3/c1-22(2)7-9-23(10-8-22)13-18(27)17-12-15(5-6-19(17)28-23)21-25-20(26-29-21)16-4-3-11-24-14-16/h3-6,11-12,14H,7-10,13H2,1-2H3. The molecule has 6 heteroatoms. The number of hydrogen-bond donors (Lipinski definition) is 0. The van der Waals surface area contributed by atoms with Gasteiger partial charge in [0.15, 0.2) is 5.78 Å². The molecular formula is C23H23N3O3. The lowest BCUT2D eigenvalue weighted by Gasteiger charge is -2.45. The van der Waals surface area contributed by atoms with Gasteiger partial charge in [-0.05, 0) is 61.4 Å². The first-order chi connectivity index (χ1) is 13.9. The normalized spacial score (nSPS) is 19.6. The van der Waals surface area contributed by atoms with E-state index in [0.29, 0.717) is 40.4 Å². The minimum absolute atomic E-state index is 0.125. The molecule has 0 bridgehead atoms. The molecule has 1 spiro atoms. The summed E-state index contributed by atoms with van der Waals surface area (Å²) in [4.78, 5) is 21.5. The number of aromatic nitrogens is 3. The van der Waals surface area contributed by atoms with Crippen molar-refractivity contribution in [1.82, 2.24) is 15.1 Å². The number of nitrogens with zero attached hydrogens (tertiary/aromatic N) is 3. The average molecular weight is 389 g/mol. The Balaban J connectivity index is 1.42. The molecule has 148 valence electrons. The zero-order valence-electron chi connectivity index (χ0n) is 16.6. The number of hydrogen-bond acceptors (Lipinski definition) is 6. The summed E-state index contributed by atoms with van der Waals surface area (Å²) in [5.74, 6) is 1.63. The van der Waals surface area contributed by atoms with E-state index in [1.54, 1.807) is 18.5 Å². The molecule has 1 aromatic carbocycles. The maximum absolute atomic E-state index is 13.0. The lowest BCUT2D eigenvalue weighted by Crippen LogP contribution is -2.46. The molecule has 3 aromatic rings. The van der Waals surface area contributed by atoms with Crippen molar-refractivity contribution in [2.24, 2.45) is 5.41 Å². The Morgan fingerprint density at radius 1 is 1.03 bits per heavy atom. The van der Waals surface area contributed by atoms with E-state index in [9.17, 15) is 4.79 Å². The van der Waals surface area contributed by atoms with Crippen LogP contribution in [0.25, 0.3) is 22.8 Å². The number of ether oxygens (including phenoxy) is 1. The third-order valence-electron chi connectivity index (χ3n) is 6.20. The van der Waals surface area contributed by atoms with Crippen LogP contribution < -0.4 is 4.74 Å². The van der Waals surface area contributed by atoms with Crippen LogP contribution in [0, 0.1) is 5.41 Å². The second-order valence-corrected chi connectivity index (χ2v) is 8.93. The summed E-state index contributed by atoms with van der Waals surface area (Å²) in [6, 6.07) is 9.23. The SMILES string of the molecule is CC1(C)CCC2(CC1)CC(=O)c1cc(-c3nc(-c4cccnc4)no3)ccc1O2. The van der Waals surface area contributed by atoms with Crippen LogP contribution in [0.3, 0.4) is 0 Å². The van der Waals surface area contributed by atoms with Crippen LogP contribution >= 0.6 is 0 Å². The highest BCUT2D eigenvalue weighted by atomic mass is 16.5. The maximum atomic E-state index is 13.0. The molecule has 0 saturated heterocycles. The van der Waals surface area contributed by atoms with Crippen molar-refractivity contribution < 1.29 is 14.1 Å². The predicted molar refractivity (Wildman–Crippen MR) is 108 cm³/mol. The van der Waals surface area contributed by atoms with Gasteiger partial charge >= 0.3 is 0 Å². The lowest BCUT2D eigenvalue weighted by molar-refractivity contribution is -0.0129. The second kappa shape index (κ2) is 6.51. The van der Waals surface area contributed by atoms with Crippen molar-refractivity contribution in [3.05, 3.63) is 48.3 Å². The first-order valence-corrected chi connectivity index (χ1v) is 10.0. The highest BCUT2D eigenvalue weighted by Gasteiger charge is 2.45. The van der Waals surface area contributed by atoms with Gasteiger partial charge in [-0.3, -0.25) is 9.78 Å². The van der Waals surface area contributed by atoms with E-state index in [0.717, 1.165) is 31.2 Å². The molecule has 0 amide bonds. The molecule has 6 nitrogen and oxygen atoms in total. The lowest BCUT2D eigenvalue weighted by atomic mass is 9.68. The number of carbonyl (C=O) groups excluding carboxylic acids is 1. The number of benzene rings is 1. The third-order valence-corrected chi connectivity index (χ3v) is 6.20. The van der Waals surface area contributed by atoms with Crippen molar-refractivity contribution in [3.8, 4) is 28.6 Å². The van der Waals surface area contributed by atoms with E-state index in [-0.39, 0.29) is 11.4 Å². The molecule has 1 fully saturated rings. The fourth-order valence-electron chi connectivity index (χ4n) is 4.24.